The molecule has 0 bridgehead atoms. The van der Waals surface area contributed by atoms with Crippen LogP contribution >= 0.6 is 23.2 Å². The SMILES string of the molecule is CC.CC.CCC(C)=O.O=C(NCC(O)C(=O)O)c1ccc(CN(C(=O)Nc2cc(Cl)cc(Cl)c2)c2ccc(C3=CCCCC3)cc2)cc1. The second kappa shape index (κ2) is 23.2. The first-order valence-corrected chi connectivity index (χ1v) is 17.3. The lowest BCUT2D eigenvalue weighted by Crippen LogP contribution is -2.36. The van der Waals surface area contributed by atoms with Crippen molar-refractivity contribution in [3.63, 3.8) is 0 Å². The van der Waals surface area contributed by atoms with E-state index in [1.54, 1.807) is 54.3 Å². The number of nitrogens with one attached hydrogen (secondary N) is 2. The van der Waals surface area contributed by atoms with Crippen LogP contribution in [0.15, 0.2) is 72.8 Å². The fraction of sp³-hybridized carbons (Fsp3) is 0.368. The molecule has 0 radical (unpaired) electrons. The van der Waals surface area contributed by atoms with Gasteiger partial charge >= 0.3 is 12.0 Å². The minimum absolute atomic E-state index is 0.196. The van der Waals surface area contributed by atoms with E-state index < -0.39 is 30.6 Å². The number of hydrogen-bond acceptors (Lipinski definition) is 5. The summed E-state index contributed by atoms with van der Waals surface area (Å²) in [5.74, 6) is -1.69. The summed E-state index contributed by atoms with van der Waals surface area (Å²) in [7, 11) is 0. The molecule has 0 aromatic heterocycles. The number of aliphatic carboxylic acids is 1. The average molecular weight is 715 g/mol. The van der Waals surface area contributed by atoms with Crippen LogP contribution in [0.2, 0.25) is 10.0 Å². The van der Waals surface area contributed by atoms with Gasteiger partial charge in [-0.3, -0.25) is 9.69 Å². The molecule has 1 atom stereocenters. The van der Waals surface area contributed by atoms with Crippen LogP contribution < -0.4 is 15.5 Å². The number of nitrogens with zero attached hydrogens (tertiary/aromatic N) is 1. The number of amides is 3. The number of hydrogen-bond donors (Lipinski definition) is 4. The van der Waals surface area contributed by atoms with Crippen molar-refractivity contribution in [2.75, 3.05) is 16.8 Å². The molecule has 11 heteroatoms. The molecule has 0 heterocycles. The number of aliphatic hydroxyl groups is 1. The van der Waals surface area contributed by atoms with Gasteiger partial charge in [0, 0.05) is 33.4 Å². The van der Waals surface area contributed by atoms with Crippen molar-refractivity contribution < 1.29 is 29.4 Å². The zero-order valence-corrected chi connectivity index (χ0v) is 30.7. The van der Waals surface area contributed by atoms with Crippen LogP contribution in [-0.4, -0.2) is 46.6 Å². The van der Waals surface area contributed by atoms with E-state index >= 15 is 0 Å². The van der Waals surface area contributed by atoms with Crippen molar-refractivity contribution >= 4 is 63.8 Å². The monoisotopic (exact) mass is 713 g/mol. The topological polar surface area (TPSA) is 136 Å². The molecule has 0 fully saturated rings. The fourth-order valence-electron chi connectivity index (χ4n) is 4.38. The Bertz CT molecular complexity index is 1510. The molecular formula is C38H49Cl2N3O6. The van der Waals surface area contributed by atoms with E-state index in [1.807, 2.05) is 58.9 Å². The zero-order chi connectivity index (χ0) is 36.9. The van der Waals surface area contributed by atoms with Crippen LogP contribution in [0.25, 0.3) is 5.57 Å². The Morgan fingerprint density at radius 3 is 1.94 bits per heavy atom. The lowest BCUT2D eigenvalue weighted by Gasteiger charge is -2.24. The summed E-state index contributed by atoms with van der Waals surface area (Å²) in [5.41, 5.74) is 4.61. The number of allylic oxidation sites excluding steroid dienone is 2. The van der Waals surface area contributed by atoms with Gasteiger partial charge < -0.3 is 25.6 Å². The van der Waals surface area contributed by atoms with Crippen molar-refractivity contribution in [1.29, 1.82) is 0 Å². The lowest BCUT2D eigenvalue weighted by molar-refractivity contribution is -0.146. The Labute approximate surface area is 300 Å². The van der Waals surface area contributed by atoms with Gasteiger partial charge in [-0.25, -0.2) is 9.59 Å². The number of aliphatic hydroxyl groups excluding tert-OH is 1. The normalized spacial score (nSPS) is 12.1. The number of carbonyl (C=O) groups is 4. The van der Waals surface area contributed by atoms with E-state index in [4.69, 9.17) is 28.3 Å². The molecule has 3 amide bonds. The molecule has 1 aliphatic carbocycles. The Balaban J connectivity index is 0.00000120. The van der Waals surface area contributed by atoms with E-state index in [0.717, 1.165) is 24.0 Å². The predicted octanol–water partition coefficient (Wildman–Crippen LogP) is 9.40. The Morgan fingerprint density at radius 2 is 1.45 bits per heavy atom. The molecule has 4 rings (SSSR count). The van der Waals surface area contributed by atoms with Gasteiger partial charge in [0.2, 0.25) is 0 Å². The van der Waals surface area contributed by atoms with Gasteiger partial charge in [-0.15, -0.1) is 0 Å². The van der Waals surface area contributed by atoms with Crippen LogP contribution in [-0.2, 0) is 16.1 Å². The van der Waals surface area contributed by atoms with Crippen LogP contribution in [0.4, 0.5) is 16.2 Å². The van der Waals surface area contributed by atoms with E-state index in [0.29, 0.717) is 27.8 Å². The number of rotatable bonds is 10. The summed E-state index contributed by atoms with van der Waals surface area (Å²) in [6, 6.07) is 18.8. The summed E-state index contributed by atoms with van der Waals surface area (Å²) in [6.07, 6.45) is 5.72. The largest absolute Gasteiger partial charge is 0.479 e. The first-order valence-electron chi connectivity index (χ1n) is 16.6. The standard InChI is InChI=1S/C30H29Cl2N3O5.C4H8O.2C2H6/c31-23-14-24(32)16-25(15-23)34-30(40)35(26-12-10-21(11-13-26)20-4-2-1-3-5-20)18-19-6-8-22(9-7-19)28(37)33-17-27(36)29(38)39;1-3-4(2)5;2*1-2/h4,6-16,27,36H,1-3,5,17-18H2,(H,33,37)(H,34,40)(H,38,39);3H2,1-2H3;2*1-2H3. The van der Waals surface area contributed by atoms with E-state index in [-0.39, 0.29) is 17.9 Å². The van der Waals surface area contributed by atoms with Gasteiger partial charge in [0.05, 0.1) is 13.1 Å². The molecule has 0 saturated heterocycles. The van der Waals surface area contributed by atoms with E-state index in [1.165, 1.54) is 18.4 Å². The Kier molecular flexibility index (Phi) is 20.3. The molecule has 0 spiro atoms. The summed E-state index contributed by atoms with van der Waals surface area (Å²) >= 11 is 12.2. The highest BCUT2D eigenvalue weighted by molar-refractivity contribution is 6.35. The Morgan fingerprint density at radius 1 is 0.878 bits per heavy atom. The molecule has 0 aliphatic heterocycles. The summed E-state index contributed by atoms with van der Waals surface area (Å²) < 4.78 is 0. The van der Waals surface area contributed by atoms with Crippen molar-refractivity contribution in [1.82, 2.24) is 5.32 Å². The molecule has 266 valence electrons. The zero-order valence-electron chi connectivity index (χ0n) is 29.2. The van der Waals surface area contributed by atoms with Gasteiger partial charge in [-0.1, -0.05) is 88.2 Å². The van der Waals surface area contributed by atoms with Crippen LogP contribution in [0.3, 0.4) is 0 Å². The molecule has 1 aliphatic rings. The van der Waals surface area contributed by atoms with E-state index in [9.17, 15) is 24.3 Å². The third-order valence-electron chi connectivity index (χ3n) is 7.00. The van der Waals surface area contributed by atoms with Crippen molar-refractivity contribution in [3.05, 3.63) is 99.5 Å². The number of ketones is 1. The lowest BCUT2D eigenvalue weighted by atomic mass is 9.93. The molecule has 1 unspecified atom stereocenters. The number of carbonyl (C=O) groups excluding carboxylic acids is 3. The molecule has 0 saturated carbocycles. The number of benzene rings is 3. The molecular weight excluding hydrogens is 665 g/mol. The minimum Gasteiger partial charge on any atom is -0.479 e. The highest BCUT2D eigenvalue weighted by atomic mass is 35.5. The van der Waals surface area contributed by atoms with Crippen LogP contribution in [0.5, 0.6) is 0 Å². The number of urea groups is 1. The minimum atomic E-state index is -1.69. The number of anilines is 2. The third-order valence-corrected chi connectivity index (χ3v) is 7.43. The quantitative estimate of drug-likeness (QED) is 0.165. The van der Waals surface area contributed by atoms with Gasteiger partial charge in [-0.05, 0) is 91.8 Å². The van der Waals surface area contributed by atoms with Gasteiger partial charge in [0.1, 0.15) is 5.78 Å². The summed E-state index contributed by atoms with van der Waals surface area (Å²) in [4.78, 5) is 48.0. The number of Topliss-reactive ketones (excluding diaryl/α,β-unsaturated/α-hetero) is 1. The number of carboxylic acids is 1. The van der Waals surface area contributed by atoms with Crippen LogP contribution in [0.1, 0.15) is 95.1 Å². The highest BCUT2D eigenvalue weighted by Crippen LogP contribution is 2.29. The maximum Gasteiger partial charge on any atom is 0.334 e. The molecule has 9 nitrogen and oxygen atoms in total. The summed E-state index contributed by atoms with van der Waals surface area (Å²) in [5, 5.41) is 24.2. The second-order valence-corrected chi connectivity index (χ2v) is 11.4. The maximum atomic E-state index is 13.5. The molecule has 3 aromatic rings. The third kappa shape index (κ3) is 15.3. The molecule has 49 heavy (non-hydrogen) atoms. The fourth-order valence-corrected chi connectivity index (χ4v) is 4.90. The first kappa shape index (κ1) is 42.8. The summed E-state index contributed by atoms with van der Waals surface area (Å²) in [6.45, 7) is 11.2. The van der Waals surface area contributed by atoms with E-state index in [2.05, 4.69) is 16.7 Å². The Hall–Kier alpha value is -4.18. The average Bonchev–Trinajstić information content (AvgIpc) is 3.11. The first-order chi connectivity index (χ1) is 23.5. The number of halogens is 2. The van der Waals surface area contributed by atoms with Crippen molar-refractivity contribution in [2.24, 2.45) is 0 Å². The molecule has 4 N–H and O–H groups in total. The molecule has 3 aromatic carbocycles. The number of carboxylic acid groups (broad SMARTS) is 1. The predicted molar refractivity (Wildman–Crippen MR) is 201 cm³/mol. The smallest absolute Gasteiger partial charge is 0.334 e. The highest BCUT2D eigenvalue weighted by Gasteiger charge is 2.19. The second-order valence-electron chi connectivity index (χ2n) is 10.5. The van der Waals surface area contributed by atoms with Crippen molar-refractivity contribution in [3.8, 4) is 0 Å². The van der Waals surface area contributed by atoms with Crippen molar-refractivity contribution in [2.45, 2.75) is 86.3 Å². The van der Waals surface area contributed by atoms with Crippen LogP contribution in [0, 0.1) is 0 Å². The van der Waals surface area contributed by atoms with Gasteiger partial charge in [0.15, 0.2) is 6.10 Å². The maximum absolute atomic E-state index is 13.5. The van der Waals surface area contributed by atoms with Gasteiger partial charge in [0.25, 0.3) is 5.91 Å². The van der Waals surface area contributed by atoms with Gasteiger partial charge in [-0.2, -0.15) is 0 Å².